The Morgan fingerprint density at radius 3 is 2.15 bits per heavy atom. The summed E-state index contributed by atoms with van der Waals surface area (Å²) in [6.45, 7) is 18.7. The number of aromatic nitrogens is 1. The van der Waals surface area contributed by atoms with Gasteiger partial charge in [-0.25, -0.2) is 0 Å². The van der Waals surface area contributed by atoms with Crippen LogP contribution >= 0.6 is 0 Å². The van der Waals surface area contributed by atoms with Crippen LogP contribution in [0.2, 0.25) is 0 Å². The van der Waals surface area contributed by atoms with E-state index in [0.717, 1.165) is 5.76 Å². The molecule has 0 amide bonds. The third-order valence-corrected chi connectivity index (χ3v) is 5.84. The van der Waals surface area contributed by atoms with Gasteiger partial charge >= 0.3 is 0 Å². The topological polar surface area (TPSA) is 26.0 Å². The van der Waals surface area contributed by atoms with Gasteiger partial charge in [-0.15, -0.1) is 0 Å². The highest BCUT2D eigenvalue weighted by Crippen LogP contribution is 2.51. The first-order chi connectivity index (χ1) is 12.0. The zero-order valence-corrected chi connectivity index (χ0v) is 17.6. The fraction of sp³-hybridized carbons (Fsp3) is 0.542. The zero-order chi connectivity index (χ0) is 19.3. The van der Waals surface area contributed by atoms with E-state index in [1.165, 1.54) is 34.2 Å². The lowest BCUT2D eigenvalue weighted by Gasteiger charge is -2.24. The second-order valence-electron chi connectivity index (χ2n) is 9.75. The Morgan fingerprint density at radius 1 is 1.04 bits per heavy atom. The van der Waals surface area contributed by atoms with Crippen molar-refractivity contribution in [1.82, 2.24) is 5.16 Å². The second kappa shape index (κ2) is 6.40. The monoisotopic (exact) mass is 351 g/mol. The van der Waals surface area contributed by atoms with Crippen molar-refractivity contribution in [1.29, 1.82) is 0 Å². The van der Waals surface area contributed by atoms with Gasteiger partial charge in [0.1, 0.15) is 0 Å². The Labute approximate surface area is 158 Å². The first-order valence-electron chi connectivity index (χ1n) is 9.84. The Bertz CT molecular complexity index is 820. The molecule has 3 rings (SSSR count). The Kier molecular flexibility index (Phi) is 4.67. The van der Waals surface area contributed by atoms with Gasteiger partial charge < -0.3 is 4.52 Å². The van der Waals surface area contributed by atoms with E-state index in [2.05, 4.69) is 78.8 Å². The smallest absolute Gasteiger partial charge is 0.159 e. The van der Waals surface area contributed by atoms with E-state index < -0.39 is 0 Å². The molecular formula is C24H33NO. The fourth-order valence-electron chi connectivity index (χ4n) is 4.77. The summed E-state index contributed by atoms with van der Waals surface area (Å²) in [5, 5.41) is 3.87. The van der Waals surface area contributed by atoms with Crippen LogP contribution in [0.4, 0.5) is 0 Å². The molecule has 0 saturated heterocycles. The molecule has 0 N–H and O–H groups in total. The van der Waals surface area contributed by atoms with E-state index in [0.29, 0.717) is 11.8 Å². The van der Waals surface area contributed by atoms with Crippen molar-refractivity contribution in [3.8, 4) is 0 Å². The van der Waals surface area contributed by atoms with Gasteiger partial charge in [-0.3, -0.25) is 0 Å². The molecular weight excluding hydrogens is 318 g/mol. The lowest BCUT2D eigenvalue weighted by Crippen LogP contribution is -2.18. The molecule has 0 bridgehead atoms. The van der Waals surface area contributed by atoms with Crippen LogP contribution in [0.25, 0.3) is 11.6 Å². The van der Waals surface area contributed by atoms with E-state index in [-0.39, 0.29) is 10.8 Å². The summed E-state index contributed by atoms with van der Waals surface area (Å²) in [5.41, 5.74) is 7.60. The Hall–Kier alpha value is -1.83. The minimum Gasteiger partial charge on any atom is -0.357 e. The van der Waals surface area contributed by atoms with Gasteiger partial charge in [0.15, 0.2) is 5.76 Å². The predicted octanol–water partition coefficient (Wildman–Crippen LogP) is 6.95. The minimum absolute atomic E-state index is 0.206. The SMILES string of the molecule is CC(C)C(=Cc1ccno1)c1cc2c(cc1C(C)C)C(C)(C)CC2(C)C. The molecule has 1 aliphatic carbocycles. The number of fused-ring (bicyclic) bond motifs is 1. The number of hydrogen-bond donors (Lipinski definition) is 0. The van der Waals surface area contributed by atoms with Gasteiger partial charge in [-0.05, 0) is 63.0 Å². The summed E-state index contributed by atoms with van der Waals surface area (Å²) in [5.74, 6) is 1.71. The van der Waals surface area contributed by atoms with Crippen LogP contribution in [0.5, 0.6) is 0 Å². The zero-order valence-electron chi connectivity index (χ0n) is 17.6. The van der Waals surface area contributed by atoms with Gasteiger partial charge in [0.2, 0.25) is 0 Å². The molecule has 0 atom stereocenters. The van der Waals surface area contributed by atoms with Crippen molar-refractivity contribution in [2.45, 2.75) is 78.6 Å². The third kappa shape index (κ3) is 3.26. The second-order valence-corrected chi connectivity index (χ2v) is 9.75. The summed E-state index contributed by atoms with van der Waals surface area (Å²) in [6, 6.07) is 6.89. The lowest BCUT2D eigenvalue weighted by atomic mass is 9.80. The first kappa shape index (κ1) is 18.9. The maximum atomic E-state index is 5.38. The van der Waals surface area contributed by atoms with Crippen molar-refractivity contribution in [2.75, 3.05) is 0 Å². The van der Waals surface area contributed by atoms with Crippen molar-refractivity contribution < 1.29 is 4.52 Å². The molecule has 0 fully saturated rings. The minimum atomic E-state index is 0.206. The van der Waals surface area contributed by atoms with Gasteiger partial charge in [0.05, 0.1) is 6.20 Å². The molecule has 0 aliphatic heterocycles. The molecule has 2 heteroatoms. The van der Waals surface area contributed by atoms with Crippen LogP contribution in [0.1, 0.15) is 95.7 Å². The quantitative estimate of drug-likeness (QED) is 0.595. The van der Waals surface area contributed by atoms with Gasteiger partial charge in [0, 0.05) is 6.07 Å². The van der Waals surface area contributed by atoms with E-state index in [9.17, 15) is 0 Å². The molecule has 2 nitrogen and oxygen atoms in total. The number of hydrogen-bond acceptors (Lipinski definition) is 2. The largest absolute Gasteiger partial charge is 0.357 e. The van der Waals surface area contributed by atoms with Crippen molar-refractivity contribution in [3.05, 3.63) is 52.4 Å². The summed E-state index contributed by atoms with van der Waals surface area (Å²) < 4.78 is 5.38. The summed E-state index contributed by atoms with van der Waals surface area (Å²) >= 11 is 0. The molecule has 0 radical (unpaired) electrons. The van der Waals surface area contributed by atoms with Crippen LogP contribution in [-0.2, 0) is 10.8 Å². The number of allylic oxidation sites excluding steroid dienone is 1. The molecule has 26 heavy (non-hydrogen) atoms. The highest BCUT2D eigenvalue weighted by molar-refractivity contribution is 5.83. The Morgan fingerprint density at radius 2 is 1.65 bits per heavy atom. The molecule has 2 aromatic rings. The van der Waals surface area contributed by atoms with Crippen LogP contribution in [0, 0.1) is 5.92 Å². The molecule has 0 saturated carbocycles. The lowest BCUT2D eigenvalue weighted by molar-refractivity contribution is 0.403. The third-order valence-electron chi connectivity index (χ3n) is 5.84. The summed E-state index contributed by atoms with van der Waals surface area (Å²) in [6.07, 6.45) is 5.07. The normalized spacial score (nSPS) is 18.6. The summed E-state index contributed by atoms with van der Waals surface area (Å²) in [4.78, 5) is 0. The van der Waals surface area contributed by atoms with E-state index in [1.807, 2.05) is 6.07 Å². The maximum Gasteiger partial charge on any atom is 0.159 e. The Balaban J connectivity index is 2.27. The molecule has 1 aliphatic rings. The predicted molar refractivity (Wildman–Crippen MR) is 110 cm³/mol. The first-order valence-corrected chi connectivity index (χ1v) is 9.84. The molecule has 0 spiro atoms. The summed E-state index contributed by atoms with van der Waals surface area (Å²) in [7, 11) is 0. The highest BCUT2D eigenvalue weighted by atomic mass is 16.5. The number of benzene rings is 1. The highest BCUT2D eigenvalue weighted by Gasteiger charge is 2.42. The van der Waals surface area contributed by atoms with E-state index in [1.54, 1.807) is 6.20 Å². The van der Waals surface area contributed by atoms with Crippen LogP contribution in [0.3, 0.4) is 0 Å². The van der Waals surface area contributed by atoms with Crippen molar-refractivity contribution in [3.63, 3.8) is 0 Å². The number of nitrogens with zero attached hydrogens (tertiary/aromatic N) is 1. The average Bonchev–Trinajstić information content (AvgIpc) is 3.08. The van der Waals surface area contributed by atoms with Gasteiger partial charge in [0.25, 0.3) is 0 Å². The van der Waals surface area contributed by atoms with Crippen LogP contribution in [0.15, 0.2) is 28.9 Å². The molecule has 1 aromatic heterocycles. The molecule has 1 aromatic carbocycles. The molecule has 0 unspecified atom stereocenters. The van der Waals surface area contributed by atoms with Crippen LogP contribution < -0.4 is 0 Å². The van der Waals surface area contributed by atoms with E-state index >= 15 is 0 Å². The maximum absolute atomic E-state index is 5.38. The van der Waals surface area contributed by atoms with Gasteiger partial charge in [-0.2, -0.15) is 0 Å². The van der Waals surface area contributed by atoms with E-state index in [4.69, 9.17) is 4.52 Å². The fourth-order valence-corrected chi connectivity index (χ4v) is 4.77. The van der Waals surface area contributed by atoms with Crippen LogP contribution in [-0.4, -0.2) is 5.16 Å². The number of rotatable bonds is 4. The van der Waals surface area contributed by atoms with Gasteiger partial charge in [-0.1, -0.05) is 72.7 Å². The molecule has 1 heterocycles. The molecule has 140 valence electrons. The standard InChI is InChI=1S/C24H33NO/c1-15(2)18(11-17-9-10-25-26-17)20-13-22-21(12-19(20)16(3)4)23(5,6)14-24(22,7)8/h9-13,15-16H,14H2,1-8H3. The van der Waals surface area contributed by atoms with Crippen molar-refractivity contribution >= 4 is 11.6 Å². The average molecular weight is 352 g/mol. The van der Waals surface area contributed by atoms with Crippen molar-refractivity contribution in [2.24, 2.45) is 5.92 Å².